The molecule has 1 aliphatic heterocycles. The second-order valence-corrected chi connectivity index (χ2v) is 6.99. The highest BCUT2D eigenvalue weighted by Gasteiger charge is 2.72. The molecule has 17 heavy (non-hydrogen) atoms. The molecule has 0 radical (unpaired) electrons. The monoisotopic (exact) mass is 320 g/mol. The Labute approximate surface area is 124 Å². The third kappa shape index (κ3) is 4.62. The molecule has 0 N–H and O–H groups in total. The molecule has 0 aromatic heterocycles. The van der Waals surface area contributed by atoms with Gasteiger partial charge in [0.15, 0.2) is 0 Å². The quantitative estimate of drug-likeness (QED) is 0.295. The number of hydrogen-bond acceptors (Lipinski definition) is 1. The molecular weight excluding hydrogens is 302 g/mol. The fraction of sp³-hybridized carbons (Fsp3) is 1.00. The Morgan fingerprint density at radius 2 is 1.41 bits per heavy atom. The number of epoxide rings is 1. The van der Waals surface area contributed by atoms with Crippen LogP contribution in [0.2, 0.25) is 0 Å². The summed E-state index contributed by atoms with van der Waals surface area (Å²) in [5, 5.41) is -1.41. The van der Waals surface area contributed by atoms with Crippen LogP contribution in [0.1, 0.15) is 58.3 Å². The van der Waals surface area contributed by atoms with Crippen LogP contribution in [-0.2, 0) is 4.74 Å². The third-order valence-electron chi connectivity index (χ3n) is 3.10. The van der Waals surface area contributed by atoms with Crippen LogP contribution in [0.3, 0.4) is 0 Å². The van der Waals surface area contributed by atoms with E-state index in [0.29, 0.717) is 0 Å². The molecular formula is C12H20Cl4O. The van der Waals surface area contributed by atoms with Crippen LogP contribution < -0.4 is 0 Å². The number of ether oxygens (including phenoxy) is 1. The van der Waals surface area contributed by atoms with Crippen molar-refractivity contribution in [3.63, 3.8) is 0 Å². The molecule has 0 bridgehead atoms. The summed E-state index contributed by atoms with van der Waals surface area (Å²) in [6.07, 6.45) is 9.52. The lowest BCUT2D eigenvalue weighted by Gasteiger charge is -2.12. The summed E-state index contributed by atoms with van der Waals surface area (Å²) < 4.78 is 3.72. The van der Waals surface area contributed by atoms with Gasteiger partial charge >= 0.3 is 0 Å². The van der Waals surface area contributed by atoms with Crippen LogP contribution in [-0.4, -0.2) is 15.0 Å². The maximum absolute atomic E-state index is 6.14. The molecule has 2 unspecified atom stereocenters. The van der Waals surface area contributed by atoms with Crippen LogP contribution in [0.25, 0.3) is 0 Å². The molecule has 1 fully saturated rings. The Morgan fingerprint density at radius 1 is 0.941 bits per heavy atom. The van der Waals surface area contributed by atoms with Gasteiger partial charge in [0.05, 0.1) is 5.38 Å². The maximum Gasteiger partial charge on any atom is 0.265 e. The predicted octanol–water partition coefficient (Wildman–Crippen LogP) is 5.83. The third-order valence-corrected chi connectivity index (χ3v) is 5.25. The molecule has 0 amide bonds. The number of rotatable bonds is 9. The van der Waals surface area contributed by atoms with Gasteiger partial charge in [0.2, 0.25) is 5.06 Å². The Hall–Kier alpha value is 1.12. The van der Waals surface area contributed by atoms with Crippen LogP contribution in [0, 0.1) is 0 Å². The van der Waals surface area contributed by atoms with Crippen molar-refractivity contribution >= 4 is 46.4 Å². The van der Waals surface area contributed by atoms with Crippen molar-refractivity contribution in [1.29, 1.82) is 0 Å². The molecule has 1 nitrogen and oxygen atoms in total. The first-order chi connectivity index (χ1) is 7.94. The Morgan fingerprint density at radius 3 is 1.88 bits per heavy atom. The molecule has 1 rings (SSSR count). The summed E-state index contributed by atoms with van der Waals surface area (Å²) in [6, 6.07) is 0. The topological polar surface area (TPSA) is 12.5 Å². The zero-order valence-electron chi connectivity index (χ0n) is 10.2. The van der Waals surface area contributed by atoms with Gasteiger partial charge in [0.25, 0.3) is 4.52 Å². The van der Waals surface area contributed by atoms with E-state index in [-0.39, 0.29) is 5.38 Å². The van der Waals surface area contributed by atoms with E-state index in [1.54, 1.807) is 0 Å². The normalized spacial score (nSPS) is 28.1. The molecule has 0 aromatic carbocycles. The molecule has 0 spiro atoms. The van der Waals surface area contributed by atoms with Crippen molar-refractivity contribution in [2.75, 3.05) is 0 Å². The molecule has 2 atom stereocenters. The van der Waals surface area contributed by atoms with Crippen molar-refractivity contribution in [3.8, 4) is 0 Å². The van der Waals surface area contributed by atoms with Crippen molar-refractivity contribution in [3.05, 3.63) is 0 Å². The average molecular weight is 322 g/mol. The number of unbranched alkanes of at least 4 members (excludes halogenated alkanes) is 6. The molecule has 1 aliphatic rings. The van der Waals surface area contributed by atoms with Crippen molar-refractivity contribution in [2.24, 2.45) is 0 Å². The van der Waals surface area contributed by atoms with E-state index >= 15 is 0 Å². The van der Waals surface area contributed by atoms with Crippen molar-refractivity contribution < 1.29 is 4.74 Å². The van der Waals surface area contributed by atoms with Crippen LogP contribution >= 0.6 is 46.4 Å². The fourth-order valence-corrected chi connectivity index (χ4v) is 3.15. The van der Waals surface area contributed by atoms with E-state index < -0.39 is 9.58 Å². The highest BCUT2D eigenvalue weighted by molar-refractivity contribution is 6.56. The minimum atomic E-state index is -1.30. The Balaban J connectivity index is 2.00. The minimum Gasteiger partial charge on any atom is -0.313 e. The van der Waals surface area contributed by atoms with Crippen LogP contribution in [0.4, 0.5) is 0 Å². The highest BCUT2D eigenvalue weighted by atomic mass is 35.5. The Bertz CT molecular complexity index is 235. The van der Waals surface area contributed by atoms with E-state index in [2.05, 4.69) is 6.92 Å². The summed E-state index contributed by atoms with van der Waals surface area (Å²) in [7, 11) is 0. The van der Waals surface area contributed by atoms with Crippen molar-refractivity contribution in [2.45, 2.75) is 73.2 Å². The SMILES string of the molecule is CCCCCCCCCC(Cl)C1(Cl)OC1(Cl)Cl. The zero-order valence-corrected chi connectivity index (χ0v) is 13.2. The van der Waals surface area contributed by atoms with Crippen LogP contribution in [0.5, 0.6) is 0 Å². The van der Waals surface area contributed by atoms with E-state index in [1.165, 1.54) is 38.5 Å². The summed E-state index contributed by atoms with van der Waals surface area (Å²) in [5.74, 6) is 0. The lowest BCUT2D eigenvalue weighted by Crippen LogP contribution is -2.23. The molecule has 5 heteroatoms. The summed E-state index contributed by atoms with van der Waals surface area (Å²) in [5.41, 5.74) is 0. The standard InChI is InChI=1S/C12H20Cl4O/c1-2-3-4-5-6-7-8-9-10(13)11(14)12(15,16)17-11/h10H,2-9H2,1H3. The first-order valence-electron chi connectivity index (χ1n) is 6.35. The van der Waals surface area contributed by atoms with Crippen LogP contribution in [0.15, 0.2) is 0 Å². The second-order valence-electron chi connectivity index (χ2n) is 4.64. The second kappa shape index (κ2) is 7.05. The first kappa shape index (κ1) is 16.2. The fourth-order valence-electron chi connectivity index (χ4n) is 1.87. The predicted molar refractivity (Wildman–Crippen MR) is 76.4 cm³/mol. The lowest BCUT2D eigenvalue weighted by atomic mass is 10.1. The lowest BCUT2D eigenvalue weighted by molar-refractivity contribution is 0.348. The summed E-state index contributed by atoms with van der Waals surface area (Å²) in [4.78, 5) is 0. The van der Waals surface area contributed by atoms with Gasteiger partial charge in [-0.25, -0.2) is 0 Å². The van der Waals surface area contributed by atoms with Gasteiger partial charge in [0.1, 0.15) is 0 Å². The van der Waals surface area contributed by atoms with Crippen molar-refractivity contribution in [1.82, 2.24) is 0 Å². The van der Waals surface area contributed by atoms with Gasteiger partial charge in [-0.05, 0) is 6.42 Å². The molecule has 1 heterocycles. The molecule has 0 saturated carbocycles. The summed E-state index contributed by atoms with van der Waals surface area (Å²) in [6.45, 7) is 2.22. The van der Waals surface area contributed by atoms with Gasteiger partial charge in [-0.3, -0.25) is 0 Å². The number of hydrogen-bond donors (Lipinski definition) is 0. The van der Waals surface area contributed by atoms with E-state index in [0.717, 1.165) is 12.8 Å². The van der Waals surface area contributed by atoms with Gasteiger partial charge in [0, 0.05) is 0 Å². The number of halogens is 4. The molecule has 0 aromatic rings. The van der Waals surface area contributed by atoms with Gasteiger partial charge in [-0.15, -0.1) is 11.6 Å². The smallest absolute Gasteiger partial charge is 0.265 e. The van der Waals surface area contributed by atoms with Gasteiger partial charge in [-0.2, -0.15) is 0 Å². The van der Waals surface area contributed by atoms with E-state index in [1.807, 2.05) is 0 Å². The van der Waals surface area contributed by atoms with E-state index in [4.69, 9.17) is 51.1 Å². The molecule has 0 aliphatic carbocycles. The molecule has 102 valence electrons. The summed E-state index contributed by atoms with van der Waals surface area (Å²) >= 11 is 23.7. The van der Waals surface area contributed by atoms with E-state index in [9.17, 15) is 0 Å². The van der Waals surface area contributed by atoms with Gasteiger partial charge in [-0.1, -0.05) is 86.7 Å². The Kier molecular flexibility index (Phi) is 6.71. The van der Waals surface area contributed by atoms with Gasteiger partial charge < -0.3 is 4.74 Å². The highest BCUT2D eigenvalue weighted by Crippen LogP contribution is 2.61. The first-order valence-corrected chi connectivity index (χ1v) is 7.92. The zero-order chi connectivity index (χ0) is 12.9. The maximum atomic E-state index is 6.14. The molecule has 1 saturated heterocycles. The number of alkyl halides is 4. The minimum absolute atomic E-state index is 0.324. The largest absolute Gasteiger partial charge is 0.313 e. The average Bonchev–Trinajstić information content (AvgIpc) is 2.78.